The van der Waals surface area contributed by atoms with E-state index in [4.69, 9.17) is 4.42 Å². The van der Waals surface area contributed by atoms with Crippen LogP contribution in [0.25, 0.3) is 203 Å². The Morgan fingerprint density at radius 2 is 0.566 bits per heavy atom. The predicted octanol–water partition coefficient (Wildman–Crippen LogP) is 35.1. The first-order valence-corrected chi connectivity index (χ1v) is 44.0. The summed E-state index contributed by atoms with van der Waals surface area (Å²) in [6, 6.07) is 160. The largest absolute Gasteiger partial charge is 0.455 e. The molecule has 25 aromatic rings. The second kappa shape index (κ2) is 29.5. The molecule has 122 heavy (non-hydrogen) atoms. The van der Waals surface area contributed by atoms with Crippen LogP contribution in [-0.2, 0) is 0 Å². The third kappa shape index (κ3) is 12.2. The van der Waals surface area contributed by atoms with Gasteiger partial charge in [0.1, 0.15) is 11.2 Å². The summed E-state index contributed by atoms with van der Waals surface area (Å²) >= 11 is 5.66. The molecule has 0 unspecified atom stereocenters. The van der Waals surface area contributed by atoms with Crippen LogP contribution in [0.15, 0.2) is 441 Å². The quantitative estimate of drug-likeness (QED) is 0.122. The van der Waals surface area contributed by atoms with Crippen LogP contribution < -0.4 is 9.80 Å². The number of para-hydroxylation sites is 1. The molecule has 0 aliphatic carbocycles. The summed E-state index contributed by atoms with van der Waals surface area (Å²) in [4.78, 5) is 4.75. The van der Waals surface area contributed by atoms with Gasteiger partial charge in [-0.1, -0.05) is 315 Å². The number of hydrogen-bond donors (Lipinski definition) is 0. The Hall–Kier alpha value is -15.0. The van der Waals surface area contributed by atoms with Crippen molar-refractivity contribution in [1.29, 1.82) is 0 Å². The Balaban J connectivity index is 0.000000141. The van der Waals surface area contributed by atoms with Crippen LogP contribution in [0.1, 0.15) is 0 Å². The van der Waals surface area contributed by atoms with Gasteiger partial charge in [-0.2, -0.15) is 0 Å². The zero-order chi connectivity index (χ0) is 80.3. The molecular weight excluding hydrogens is 1530 g/mol. The third-order valence-electron chi connectivity index (χ3n) is 24.7. The van der Waals surface area contributed by atoms with Gasteiger partial charge >= 0.3 is 0 Å². The van der Waals surface area contributed by atoms with Crippen molar-refractivity contribution in [2.75, 3.05) is 9.80 Å². The van der Waals surface area contributed by atoms with Crippen LogP contribution in [0.4, 0.5) is 34.1 Å². The number of rotatable bonds is 12. The first-order chi connectivity index (χ1) is 60.5. The highest BCUT2D eigenvalue weighted by molar-refractivity contribution is 7.27. The molecule has 4 aromatic heterocycles. The minimum Gasteiger partial charge on any atom is -0.455 e. The summed E-state index contributed by atoms with van der Waals surface area (Å²) in [6.07, 6.45) is 0. The molecule has 0 N–H and O–H groups in total. The van der Waals surface area contributed by atoms with E-state index < -0.39 is 0 Å². The maximum Gasteiger partial charge on any atom is 0.143 e. The van der Waals surface area contributed by atoms with E-state index in [1.165, 1.54) is 170 Å². The van der Waals surface area contributed by atoms with Crippen molar-refractivity contribution in [3.8, 4) is 66.8 Å². The minimum atomic E-state index is 0.908. The van der Waals surface area contributed by atoms with Crippen LogP contribution in [0, 0.1) is 0 Å². The first-order valence-electron chi connectivity index (χ1n) is 41.6. The fourth-order valence-electron chi connectivity index (χ4n) is 18.9. The highest BCUT2D eigenvalue weighted by Crippen LogP contribution is 2.51. The minimum absolute atomic E-state index is 0.908. The van der Waals surface area contributed by atoms with Gasteiger partial charge in [0, 0.05) is 116 Å². The van der Waals surface area contributed by atoms with Gasteiger partial charge in [0.15, 0.2) is 0 Å². The molecule has 6 heteroatoms. The summed E-state index contributed by atoms with van der Waals surface area (Å²) in [7, 11) is 0. The standard InChI is InChI=1S/C64H39NOS.C52H33NS2/c1-4-16-49-40(12-1)15-11-22-50(49)42-24-31-46(32-25-42)65(47-33-26-43(27-34-47)56-39-58-54-20-9-10-23-59(54)66-63(58)55-21-8-7-19-53(55)56)48-35-28-44(29-36-48)57-38-45-14-3-6-18-52(45)62-61-51-17-5-2-13-41(51)30-37-60(61)67-64(57)62;1-2-9-34(10-3-1)35-17-25-40(26-18-35)53(41-27-19-36(20-28-41)39-24-31-49-47(33-39)45-13-6-7-16-48(45)54-49)42-29-21-38(22-30-42)44-14-8-15-46-51-43-12-5-4-11-37(43)23-32-50(51)55-52(44)46/h1-39H;1-33H. The maximum absolute atomic E-state index is 6.46. The molecule has 570 valence electrons. The number of nitrogens with zero attached hydrogens (tertiary/aromatic N) is 2. The van der Waals surface area contributed by atoms with Crippen molar-refractivity contribution in [2.45, 2.75) is 0 Å². The van der Waals surface area contributed by atoms with E-state index in [1.54, 1.807) is 0 Å². The Labute approximate surface area is 716 Å². The van der Waals surface area contributed by atoms with Crippen LogP contribution in [0.2, 0.25) is 0 Å². The fourth-order valence-corrected chi connectivity index (χ4v) is 22.5. The first kappa shape index (κ1) is 71.1. The lowest BCUT2D eigenvalue weighted by atomic mass is 9.94. The van der Waals surface area contributed by atoms with E-state index in [1.807, 2.05) is 40.1 Å². The van der Waals surface area contributed by atoms with Gasteiger partial charge in [-0.05, 0) is 231 Å². The monoisotopic (exact) mass is 1600 g/mol. The molecule has 0 amide bonds. The second-order valence-electron chi connectivity index (χ2n) is 31.7. The van der Waals surface area contributed by atoms with Crippen LogP contribution >= 0.6 is 34.0 Å². The lowest BCUT2D eigenvalue weighted by molar-refractivity contribution is 0.672. The lowest BCUT2D eigenvalue weighted by Crippen LogP contribution is -2.09. The molecule has 0 spiro atoms. The average molecular weight is 1610 g/mol. The van der Waals surface area contributed by atoms with Gasteiger partial charge in [0.25, 0.3) is 0 Å². The van der Waals surface area contributed by atoms with E-state index in [2.05, 4.69) is 441 Å². The normalized spacial score (nSPS) is 11.8. The topological polar surface area (TPSA) is 19.6 Å². The zero-order valence-corrected chi connectivity index (χ0v) is 68.5. The Morgan fingerprint density at radius 1 is 0.172 bits per heavy atom. The van der Waals surface area contributed by atoms with Crippen LogP contribution in [0.3, 0.4) is 0 Å². The lowest BCUT2D eigenvalue weighted by Gasteiger charge is -2.26. The molecule has 21 aromatic carbocycles. The Morgan fingerprint density at radius 3 is 1.19 bits per heavy atom. The van der Waals surface area contributed by atoms with Crippen molar-refractivity contribution in [3.63, 3.8) is 0 Å². The Bertz CT molecular complexity index is 8410. The summed E-state index contributed by atoms with van der Waals surface area (Å²) < 4.78 is 14.4. The molecule has 0 fully saturated rings. The molecule has 25 rings (SSSR count). The van der Waals surface area contributed by atoms with Gasteiger partial charge in [-0.15, -0.1) is 34.0 Å². The van der Waals surface area contributed by atoms with Gasteiger partial charge in [0.05, 0.1) is 0 Å². The SMILES string of the molecule is c1ccc(-c2ccc(N(c3ccc(-c4ccc5sc6ccccc6c5c4)cc3)c3ccc(-c4cccc5c4sc4ccc6ccccc6c45)cc3)cc2)cc1.c1ccc2c(-c3ccc(N(c4ccc(-c5cc6c7ccccc7oc6c6ccccc56)cc4)c4ccc(-c5cc6ccccc6c6c5sc5ccc7ccccc7c56)cc4)cc3)cccc2c1. The van der Waals surface area contributed by atoms with Crippen LogP contribution in [-0.4, -0.2) is 0 Å². The molecule has 3 nitrogen and oxygen atoms in total. The van der Waals surface area contributed by atoms with Crippen molar-refractivity contribution in [1.82, 2.24) is 0 Å². The number of benzene rings is 21. The van der Waals surface area contributed by atoms with Gasteiger partial charge < -0.3 is 14.2 Å². The molecule has 0 saturated heterocycles. The molecule has 0 saturated carbocycles. The Kier molecular flexibility index (Phi) is 17.2. The highest BCUT2D eigenvalue weighted by atomic mass is 32.1. The number of anilines is 6. The number of hydrogen-bond acceptors (Lipinski definition) is 6. The number of thiophene rings is 3. The fraction of sp³-hybridized carbons (Fsp3) is 0. The molecule has 0 radical (unpaired) electrons. The maximum atomic E-state index is 6.46. The van der Waals surface area contributed by atoms with Crippen LogP contribution in [0.5, 0.6) is 0 Å². The van der Waals surface area contributed by atoms with E-state index in [0.717, 1.165) is 67.0 Å². The van der Waals surface area contributed by atoms with E-state index in [-0.39, 0.29) is 0 Å². The summed E-state index contributed by atoms with van der Waals surface area (Å²) in [5, 5.41) is 22.8. The van der Waals surface area contributed by atoms with E-state index in [0.29, 0.717) is 0 Å². The van der Waals surface area contributed by atoms with E-state index in [9.17, 15) is 0 Å². The molecule has 0 aliphatic rings. The molecular formula is C116H72N2OS3. The molecule has 4 heterocycles. The summed E-state index contributed by atoms with van der Waals surface area (Å²) in [6.45, 7) is 0. The predicted molar refractivity (Wildman–Crippen MR) is 528 cm³/mol. The average Bonchev–Trinajstić information content (AvgIpc) is 1.56. The summed E-state index contributed by atoms with van der Waals surface area (Å²) in [5.41, 5.74) is 23.0. The smallest absolute Gasteiger partial charge is 0.143 e. The highest BCUT2D eigenvalue weighted by Gasteiger charge is 2.23. The number of fused-ring (bicyclic) bond motifs is 21. The molecule has 0 aliphatic heterocycles. The van der Waals surface area contributed by atoms with Gasteiger partial charge in [-0.3, -0.25) is 0 Å². The van der Waals surface area contributed by atoms with E-state index >= 15 is 0 Å². The molecule has 0 atom stereocenters. The summed E-state index contributed by atoms with van der Waals surface area (Å²) in [5.74, 6) is 0. The second-order valence-corrected chi connectivity index (χ2v) is 34.8. The van der Waals surface area contributed by atoms with Crippen molar-refractivity contribution < 1.29 is 4.42 Å². The number of furan rings is 1. The molecule has 0 bridgehead atoms. The zero-order valence-electron chi connectivity index (χ0n) is 66.1. The van der Waals surface area contributed by atoms with Gasteiger partial charge in [0.2, 0.25) is 0 Å². The van der Waals surface area contributed by atoms with Crippen molar-refractivity contribution >= 4 is 204 Å². The van der Waals surface area contributed by atoms with Gasteiger partial charge in [-0.25, -0.2) is 0 Å². The van der Waals surface area contributed by atoms with Crippen molar-refractivity contribution in [3.05, 3.63) is 437 Å². The van der Waals surface area contributed by atoms with Crippen molar-refractivity contribution in [2.24, 2.45) is 0 Å². The third-order valence-corrected chi connectivity index (χ3v) is 28.3.